The number of allylic oxidation sites excluding steroid dienone is 2. The highest BCUT2D eigenvalue weighted by Crippen LogP contribution is 2.11. The first-order chi connectivity index (χ1) is 11.2. The molecule has 1 heterocycles. The van der Waals surface area contributed by atoms with Gasteiger partial charge in [0.25, 0.3) is 0 Å². The summed E-state index contributed by atoms with van der Waals surface area (Å²) in [5, 5.41) is 3.17. The van der Waals surface area contributed by atoms with Crippen LogP contribution in [0.5, 0.6) is 0 Å². The lowest BCUT2D eigenvalue weighted by atomic mass is 9.84. The Morgan fingerprint density at radius 1 is 1.09 bits per heavy atom. The Morgan fingerprint density at radius 2 is 1.65 bits per heavy atom. The predicted octanol–water partition coefficient (Wildman–Crippen LogP) is 0.800. The highest BCUT2D eigenvalue weighted by atomic mass is 16.6. The Morgan fingerprint density at radius 3 is 2.17 bits per heavy atom. The van der Waals surface area contributed by atoms with E-state index in [9.17, 15) is 9.59 Å². The van der Waals surface area contributed by atoms with E-state index >= 15 is 0 Å². The maximum Gasteiger partial charge on any atom is 0.460 e. The van der Waals surface area contributed by atoms with Crippen molar-refractivity contribution in [2.75, 3.05) is 39.5 Å². The number of carbonyl (C=O) groups excluding carboxylic acids is 2. The van der Waals surface area contributed by atoms with Crippen molar-refractivity contribution in [3.05, 3.63) is 12.2 Å². The molecule has 0 bridgehead atoms. The summed E-state index contributed by atoms with van der Waals surface area (Å²) in [5.74, 6) is -2.03. The minimum absolute atomic E-state index is 0.232. The fraction of sp³-hybridized carbons (Fsp3) is 0.733. The van der Waals surface area contributed by atoms with Gasteiger partial charge in [-0.25, -0.2) is 0 Å². The Balaban J connectivity index is 2.45. The number of carbonyl (C=O) groups is 2. The van der Waals surface area contributed by atoms with Crippen LogP contribution in [0.25, 0.3) is 0 Å². The van der Waals surface area contributed by atoms with E-state index in [-0.39, 0.29) is 26.8 Å². The molecule has 1 aliphatic rings. The molecule has 1 rings (SSSR count). The van der Waals surface area contributed by atoms with Gasteiger partial charge in [-0.1, -0.05) is 12.2 Å². The maximum absolute atomic E-state index is 11.8. The Labute approximate surface area is 137 Å². The molecule has 23 heavy (non-hydrogen) atoms. The van der Waals surface area contributed by atoms with Crippen molar-refractivity contribution >= 4 is 19.1 Å². The second-order valence-electron chi connectivity index (χ2n) is 4.92. The fourth-order valence-corrected chi connectivity index (χ4v) is 2.05. The van der Waals surface area contributed by atoms with Gasteiger partial charge in [0.2, 0.25) is 0 Å². The van der Waals surface area contributed by atoms with E-state index in [0.29, 0.717) is 19.5 Å². The van der Waals surface area contributed by atoms with Gasteiger partial charge < -0.3 is 24.1 Å². The average Bonchev–Trinajstić information content (AvgIpc) is 2.49. The van der Waals surface area contributed by atoms with Gasteiger partial charge in [-0.15, -0.1) is 0 Å². The van der Waals surface area contributed by atoms with Gasteiger partial charge in [0.05, 0.1) is 13.2 Å². The third-order valence-corrected chi connectivity index (χ3v) is 3.17. The first-order valence-electron chi connectivity index (χ1n) is 8.11. The van der Waals surface area contributed by atoms with E-state index in [0.717, 1.165) is 13.1 Å². The molecule has 0 aromatic rings. The van der Waals surface area contributed by atoms with E-state index < -0.39 is 17.9 Å². The van der Waals surface area contributed by atoms with Crippen molar-refractivity contribution in [1.29, 1.82) is 0 Å². The third-order valence-electron chi connectivity index (χ3n) is 3.17. The van der Waals surface area contributed by atoms with Crippen LogP contribution in [0.15, 0.2) is 12.2 Å². The second kappa shape index (κ2) is 12.1. The Kier molecular flexibility index (Phi) is 10.3. The lowest BCUT2D eigenvalue weighted by Crippen LogP contribution is -2.35. The van der Waals surface area contributed by atoms with E-state index in [4.69, 9.17) is 18.8 Å². The average molecular weight is 327 g/mol. The normalized spacial score (nSPS) is 16.2. The number of nitrogens with one attached hydrogen (secondary N) is 1. The molecule has 0 spiro atoms. The highest BCUT2D eigenvalue weighted by molar-refractivity contribution is 6.45. The standard InChI is InChI=1S/C15H26BNO6/c1-3-20-14(18)13(15(19)21-4-2)7-5-6-8-16-22-11-9-17-10-12-23-16/h5-6,13,17H,3-4,7-12H2,1-2H3/b6-5+. The van der Waals surface area contributed by atoms with Gasteiger partial charge in [0.1, 0.15) is 0 Å². The minimum atomic E-state index is -0.922. The van der Waals surface area contributed by atoms with E-state index in [1.54, 1.807) is 19.9 Å². The first kappa shape index (κ1) is 19.7. The van der Waals surface area contributed by atoms with Crippen LogP contribution in [0.1, 0.15) is 20.3 Å². The topological polar surface area (TPSA) is 83.1 Å². The zero-order valence-electron chi connectivity index (χ0n) is 13.9. The van der Waals surface area contributed by atoms with Crippen molar-refractivity contribution in [3.8, 4) is 0 Å². The minimum Gasteiger partial charge on any atom is -0.465 e. The molecule has 0 saturated carbocycles. The quantitative estimate of drug-likeness (QED) is 0.305. The molecule has 0 atom stereocenters. The molecule has 0 unspecified atom stereocenters. The third kappa shape index (κ3) is 8.15. The largest absolute Gasteiger partial charge is 0.465 e. The molecule has 8 heteroatoms. The smallest absolute Gasteiger partial charge is 0.460 e. The molecule has 0 aromatic heterocycles. The number of rotatable bonds is 8. The molecule has 1 fully saturated rings. The van der Waals surface area contributed by atoms with Crippen LogP contribution in [0.4, 0.5) is 0 Å². The number of hydrogen-bond donors (Lipinski definition) is 1. The van der Waals surface area contributed by atoms with Crippen LogP contribution in [-0.2, 0) is 28.4 Å². The second-order valence-corrected chi connectivity index (χ2v) is 4.92. The molecule has 1 saturated heterocycles. The van der Waals surface area contributed by atoms with Crippen molar-refractivity contribution in [2.24, 2.45) is 5.92 Å². The predicted molar refractivity (Wildman–Crippen MR) is 85.8 cm³/mol. The summed E-state index contributed by atoms with van der Waals surface area (Å²) >= 11 is 0. The zero-order valence-corrected chi connectivity index (χ0v) is 13.9. The molecule has 0 amide bonds. The zero-order chi connectivity index (χ0) is 16.9. The van der Waals surface area contributed by atoms with E-state index in [2.05, 4.69) is 5.32 Å². The van der Waals surface area contributed by atoms with Crippen molar-refractivity contribution in [2.45, 2.75) is 26.6 Å². The van der Waals surface area contributed by atoms with E-state index in [1.807, 2.05) is 6.08 Å². The van der Waals surface area contributed by atoms with Gasteiger partial charge >= 0.3 is 19.1 Å². The van der Waals surface area contributed by atoms with Crippen molar-refractivity contribution in [3.63, 3.8) is 0 Å². The van der Waals surface area contributed by atoms with Crippen LogP contribution in [0.3, 0.4) is 0 Å². The fourth-order valence-electron chi connectivity index (χ4n) is 2.05. The number of esters is 2. The maximum atomic E-state index is 11.8. The van der Waals surface area contributed by atoms with Gasteiger partial charge in [-0.05, 0) is 20.3 Å². The van der Waals surface area contributed by atoms with Crippen LogP contribution in [0.2, 0.25) is 6.32 Å². The van der Waals surface area contributed by atoms with Crippen LogP contribution < -0.4 is 5.32 Å². The highest BCUT2D eigenvalue weighted by Gasteiger charge is 2.28. The first-order valence-corrected chi connectivity index (χ1v) is 8.11. The summed E-state index contributed by atoms with van der Waals surface area (Å²) in [6.07, 6.45) is 4.43. The summed E-state index contributed by atoms with van der Waals surface area (Å²) in [7, 11) is -0.294. The van der Waals surface area contributed by atoms with Gasteiger partial charge in [0, 0.05) is 32.6 Å². The lowest BCUT2D eigenvalue weighted by Gasteiger charge is -2.17. The molecular formula is C15H26BNO6. The lowest BCUT2D eigenvalue weighted by molar-refractivity contribution is -0.161. The summed E-state index contributed by atoms with van der Waals surface area (Å²) in [5.41, 5.74) is 0. The SMILES string of the molecule is CCOC(=O)C(C/C=C/CB1OCCNCCO1)C(=O)OCC. The van der Waals surface area contributed by atoms with Crippen molar-refractivity contribution in [1.82, 2.24) is 5.32 Å². The monoisotopic (exact) mass is 327 g/mol. The van der Waals surface area contributed by atoms with Gasteiger partial charge in [-0.3, -0.25) is 9.59 Å². The molecule has 130 valence electrons. The molecule has 7 nitrogen and oxygen atoms in total. The van der Waals surface area contributed by atoms with Crippen LogP contribution in [-0.4, -0.2) is 58.6 Å². The van der Waals surface area contributed by atoms with Crippen molar-refractivity contribution < 1.29 is 28.4 Å². The molecular weight excluding hydrogens is 301 g/mol. The Bertz CT molecular complexity index is 364. The molecule has 1 N–H and O–H groups in total. The van der Waals surface area contributed by atoms with E-state index in [1.165, 1.54) is 0 Å². The number of hydrogen-bond acceptors (Lipinski definition) is 7. The summed E-state index contributed by atoms with van der Waals surface area (Å²) < 4.78 is 20.9. The molecule has 1 aliphatic heterocycles. The number of ether oxygens (including phenoxy) is 2. The van der Waals surface area contributed by atoms with Gasteiger partial charge in [-0.2, -0.15) is 0 Å². The summed E-state index contributed by atoms with van der Waals surface area (Å²) in [4.78, 5) is 23.7. The van der Waals surface area contributed by atoms with Crippen LogP contribution >= 0.6 is 0 Å². The van der Waals surface area contributed by atoms with Gasteiger partial charge in [0.15, 0.2) is 5.92 Å². The molecule has 0 aliphatic carbocycles. The Hall–Kier alpha value is -1.38. The summed E-state index contributed by atoms with van der Waals surface area (Å²) in [6, 6.07) is 0. The molecule has 0 aromatic carbocycles. The molecule has 0 radical (unpaired) electrons. The summed E-state index contributed by atoms with van der Waals surface area (Å²) in [6.45, 7) is 6.66. The van der Waals surface area contributed by atoms with Crippen LogP contribution in [0, 0.1) is 5.92 Å².